The Hall–Kier alpha value is -2.27. The molecular weight excluding hydrogens is 284 g/mol. The van der Waals surface area contributed by atoms with Gasteiger partial charge in [-0.05, 0) is 11.8 Å². The molecule has 0 atom stereocenters. The molecule has 3 rings (SSSR count). The largest absolute Gasteiger partial charge is 0.477 e. The molecule has 106 valence electrons. The molecule has 0 unspecified atom stereocenters. The van der Waals surface area contributed by atoms with Crippen molar-refractivity contribution in [2.45, 2.75) is 19.8 Å². The first-order valence-corrected chi connectivity index (χ1v) is 7.58. The van der Waals surface area contributed by atoms with Crippen LogP contribution in [0.15, 0.2) is 36.7 Å². The van der Waals surface area contributed by atoms with Gasteiger partial charge in [0.05, 0.1) is 5.69 Å². The van der Waals surface area contributed by atoms with Crippen LogP contribution in [0.1, 0.15) is 28.7 Å². The lowest BCUT2D eigenvalue weighted by molar-refractivity contribution is 0.0700. The molecule has 0 aliphatic heterocycles. The highest BCUT2D eigenvalue weighted by Gasteiger charge is 2.18. The Kier molecular flexibility index (Phi) is 3.66. The molecule has 2 aromatic heterocycles. The standard InChI is InChI=1S/C16H14N2O2S/c1-2-5-13-14(16(19)20)21-15(18-13)12-9-17-8-10-6-3-4-7-11(10)12/h3-4,6-9H,2,5H2,1H3,(H,19,20). The van der Waals surface area contributed by atoms with Crippen LogP contribution in [-0.2, 0) is 6.42 Å². The van der Waals surface area contributed by atoms with Gasteiger partial charge in [0.1, 0.15) is 9.88 Å². The van der Waals surface area contributed by atoms with Gasteiger partial charge in [0, 0.05) is 23.3 Å². The molecule has 0 amide bonds. The third kappa shape index (κ3) is 2.52. The topological polar surface area (TPSA) is 63.1 Å². The second-order valence-corrected chi connectivity index (χ2v) is 5.76. The minimum absolute atomic E-state index is 0.333. The maximum Gasteiger partial charge on any atom is 0.347 e. The number of nitrogens with zero attached hydrogens (tertiary/aromatic N) is 2. The second-order valence-electron chi connectivity index (χ2n) is 4.76. The molecule has 1 aromatic carbocycles. The summed E-state index contributed by atoms with van der Waals surface area (Å²) in [5.41, 5.74) is 1.56. The smallest absolute Gasteiger partial charge is 0.347 e. The first kappa shape index (κ1) is 13.7. The van der Waals surface area contributed by atoms with Gasteiger partial charge >= 0.3 is 5.97 Å². The molecule has 0 aliphatic carbocycles. The fourth-order valence-electron chi connectivity index (χ4n) is 2.33. The number of rotatable bonds is 4. The number of aryl methyl sites for hydroxylation is 1. The fraction of sp³-hybridized carbons (Fsp3) is 0.188. The zero-order valence-corrected chi connectivity index (χ0v) is 12.4. The maximum absolute atomic E-state index is 11.4. The van der Waals surface area contributed by atoms with Crippen molar-refractivity contribution >= 4 is 28.1 Å². The Bertz CT molecular complexity index is 806. The number of carboxylic acid groups (broad SMARTS) is 1. The summed E-state index contributed by atoms with van der Waals surface area (Å²) in [6, 6.07) is 7.92. The minimum Gasteiger partial charge on any atom is -0.477 e. The number of hydrogen-bond donors (Lipinski definition) is 1. The molecule has 5 heteroatoms. The zero-order chi connectivity index (χ0) is 14.8. The van der Waals surface area contributed by atoms with Crippen molar-refractivity contribution in [2.24, 2.45) is 0 Å². The number of thiazole rings is 1. The molecular formula is C16H14N2O2S. The van der Waals surface area contributed by atoms with Crippen molar-refractivity contribution in [2.75, 3.05) is 0 Å². The number of pyridine rings is 1. The summed E-state index contributed by atoms with van der Waals surface area (Å²) < 4.78 is 0. The molecule has 0 saturated heterocycles. The van der Waals surface area contributed by atoms with Crippen molar-refractivity contribution < 1.29 is 9.90 Å². The molecule has 21 heavy (non-hydrogen) atoms. The number of aromatic nitrogens is 2. The molecule has 0 aliphatic rings. The van der Waals surface area contributed by atoms with Crippen LogP contribution >= 0.6 is 11.3 Å². The molecule has 0 saturated carbocycles. The van der Waals surface area contributed by atoms with Crippen LogP contribution in [-0.4, -0.2) is 21.0 Å². The monoisotopic (exact) mass is 298 g/mol. The fourth-order valence-corrected chi connectivity index (χ4v) is 3.30. The van der Waals surface area contributed by atoms with Crippen molar-refractivity contribution in [3.05, 3.63) is 47.2 Å². The van der Waals surface area contributed by atoms with Crippen LogP contribution in [0.5, 0.6) is 0 Å². The van der Waals surface area contributed by atoms with E-state index >= 15 is 0 Å². The van der Waals surface area contributed by atoms with E-state index in [1.165, 1.54) is 11.3 Å². The normalized spacial score (nSPS) is 10.9. The predicted octanol–water partition coefficient (Wildman–Crippen LogP) is 4.01. The van der Waals surface area contributed by atoms with E-state index in [1.807, 2.05) is 31.2 Å². The van der Waals surface area contributed by atoms with Gasteiger partial charge in [-0.2, -0.15) is 0 Å². The highest BCUT2D eigenvalue weighted by Crippen LogP contribution is 2.33. The first-order chi connectivity index (χ1) is 10.2. The van der Waals surface area contributed by atoms with Gasteiger partial charge in [0.2, 0.25) is 0 Å². The number of aromatic carboxylic acids is 1. The van der Waals surface area contributed by atoms with Crippen molar-refractivity contribution in [3.8, 4) is 10.6 Å². The molecule has 4 nitrogen and oxygen atoms in total. The average Bonchev–Trinajstić information content (AvgIpc) is 2.91. The quantitative estimate of drug-likeness (QED) is 0.790. The van der Waals surface area contributed by atoms with Gasteiger partial charge in [-0.1, -0.05) is 37.6 Å². The Labute approximate surface area is 126 Å². The highest BCUT2D eigenvalue weighted by molar-refractivity contribution is 7.17. The Morgan fingerprint density at radius 1 is 1.29 bits per heavy atom. The van der Waals surface area contributed by atoms with E-state index in [1.54, 1.807) is 12.4 Å². The van der Waals surface area contributed by atoms with E-state index < -0.39 is 5.97 Å². The first-order valence-electron chi connectivity index (χ1n) is 6.76. The molecule has 2 heterocycles. The number of hydrogen-bond acceptors (Lipinski definition) is 4. The molecule has 0 bridgehead atoms. The van der Waals surface area contributed by atoms with Gasteiger partial charge < -0.3 is 5.11 Å². The van der Waals surface area contributed by atoms with Gasteiger partial charge in [0.25, 0.3) is 0 Å². The van der Waals surface area contributed by atoms with E-state index in [0.717, 1.165) is 27.8 Å². The van der Waals surface area contributed by atoms with Gasteiger partial charge in [-0.3, -0.25) is 4.98 Å². The molecule has 0 fully saturated rings. The SMILES string of the molecule is CCCc1nc(-c2cncc3ccccc23)sc1C(=O)O. The zero-order valence-electron chi connectivity index (χ0n) is 11.5. The summed E-state index contributed by atoms with van der Waals surface area (Å²) in [5, 5.41) is 12.1. The van der Waals surface area contributed by atoms with Gasteiger partial charge in [-0.15, -0.1) is 11.3 Å². The summed E-state index contributed by atoms with van der Waals surface area (Å²) >= 11 is 1.22. The van der Waals surface area contributed by atoms with Crippen LogP contribution in [0.2, 0.25) is 0 Å². The Morgan fingerprint density at radius 2 is 2.10 bits per heavy atom. The average molecular weight is 298 g/mol. The highest BCUT2D eigenvalue weighted by atomic mass is 32.1. The third-order valence-electron chi connectivity index (χ3n) is 3.28. The Morgan fingerprint density at radius 3 is 2.86 bits per heavy atom. The van der Waals surface area contributed by atoms with Crippen LogP contribution in [0.4, 0.5) is 0 Å². The Balaban J connectivity index is 2.19. The summed E-state index contributed by atoms with van der Waals surface area (Å²) in [5.74, 6) is -0.907. The van der Waals surface area contributed by atoms with Crippen molar-refractivity contribution in [3.63, 3.8) is 0 Å². The second kappa shape index (κ2) is 5.61. The van der Waals surface area contributed by atoms with Crippen molar-refractivity contribution in [1.29, 1.82) is 0 Å². The summed E-state index contributed by atoms with van der Waals surface area (Å²) in [6.07, 6.45) is 5.10. The number of carboxylic acids is 1. The number of fused-ring (bicyclic) bond motifs is 1. The lowest BCUT2D eigenvalue weighted by atomic mass is 10.1. The van der Waals surface area contributed by atoms with Gasteiger partial charge in [-0.25, -0.2) is 9.78 Å². The van der Waals surface area contributed by atoms with E-state index in [9.17, 15) is 9.90 Å². The lowest BCUT2D eigenvalue weighted by Gasteiger charge is -2.02. The predicted molar refractivity (Wildman–Crippen MR) is 83.8 cm³/mol. The molecule has 0 spiro atoms. The lowest BCUT2D eigenvalue weighted by Crippen LogP contribution is -1.98. The number of benzene rings is 1. The van der Waals surface area contributed by atoms with Crippen LogP contribution in [0, 0.1) is 0 Å². The molecule has 1 N–H and O–H groups in total. The van der Waals surface area contributed by atoms with E-state index in [0.29, 0.717) is 17.0 Å². The minimum atomic E-state index is -0.907. The van der Waals surface area contributed by atoms with Crippen LogP contribution < -0.4 is 0 Å². The van der Waals surface area contributed by atoms with E-state index in [2.05, 4.69) is 9.97 Å². The van der Waals surface area contributed by atoms with Crippen LogP contribution in [0.25, 0.3) is 21.3 Å². The van der Waals surface area contributed by atoms with E-state index in [4.69, 9.17) is 0 Å². The summed E-state index contributed by atoms with van der Waals surface area (Å²) in [7, 11) is 0. The molecule has 3 aromatic rings. The summed E-state index contributed by atoms with van der Waals surface area (Å²) in [4.78, 5) is 20.5. The maximum atomic E-state index is 11.4. The number of carbonyl (C=O) groups is 1. The summed E-state index contributed by atoms with van der Waals surface area (Å²) in [6.45, 7) is 2.02. The van der Waals surface area contributed by atoms with E-state index in [-0.39, 0.29) is 0 Å². The molecule has 0 radical (unpaired) electrons. The van der Waals surface area contributed by atoms with Gasteiger partial charge in [0.15, 0.2) is 0 Å². The van der Waals surface area contributed by atoms with Crippen LogP contribution in [0.3, 0.4) is 0 Å². The van der Waals surface area contributed by atoms with Crippen molar-refractivity contribution in [1.82, 2.24) is 9.97 Å². The third-order valence-corrected chi connectivity index (χ3v) is 4.40.